The predicted octanol–water partition coefficient (Wildman–Crippen LogP) is -2.47. The first-order valence-corrected chi connectivity index (χ1v) is 10.5. The van der Waals surface area contributed by atoms with Gasteiger partial charge in [-0.3, -0.25) is 0 Å². The minimum absolute atomic E-state index is 0.0874. The molecule has 1 aromatic heterocycles. The number of hydrogen-bond acceptors (Lipinski definition) is 13. The summed E-state index contributed by atoms with van der Waals surface area (Å²) in [5.74, 6) is -0.600. The van der Waals surface area contributed by atoms with Crippen LogP contribution in [-0.4, -0.2) is 104 Å². The molecule has 0 bridgehead atoms. The van der Waals surface area contributed by atoms with E-state index in [0.29, 0.717) is 5.39 Å². The Hall–Kier alpha value is -2.33. The molecule has 2 fully saturated rings. The van der Waals surface area contributed by atoms with Crippen LogP contribution in [0.3, 0.4) is 0 Å². The van der Waals surface area contributed by atoms with Gasteiger partial charge < -0.3 is 59.1 Å². The maximum atomic E-state index is 11.5. The molecule has 13 nitrogen and oxygen atoms in total. The van der Waals surface area contributed by atoms with Crippen molar-refractivity contribution in [3.63, 3.8) is 0 Å². The van der Waals surface area contributed by atoms with Gasteiger partial charge in [0.2, 0.25) is 6.29 Å². The summed E-state index contributed by atoms with van der Waals surface area (Å²) in [6, 6.07) is 5.07. The highest BCUT2D eigenvalue weighted by molar-refractivity contribution is 5.80. The summed E-state index contributed by atoms with van der Waals surface area (Å²) in [5, 5.41) is 71.2. The van der Waals surface area contributed by atoms with Gasteiger partial charge in [0.05, 0.1) is 12.7 Å². The van der Waals surface area contributed by atoms with Crippen molar-refractivity contribution in [3.05, 3.63) is 34.7 Å². The Bertz CT molecular complexity index is 1060. The molecule has 0 unspecified atom stereocenters. The van der Waals surface area contributed by atoms with Crippen molar-refractivity contribution < 1.29 is 59.1 Å². The van der Waals surface area contributed by atoms with Gasteiger partial charge >= 0.3 is 5.63 Å². The first-order valence-electron chi connectivity index (χ1n) is 10.5. The van der Waals surface area contributed by atoms with Crippen molar-refractivity contribution in [2.24, 2.45) is 0 Å². The number of benzene rings is 1. The Labute approximate surface area is 191 Å². The van der Waals surface area contributed by atoms with Gasteiger partial charge in [-0.05, 0) is 19.1 Å². The summed E-state index contributed by atoms with van der Waals surface area (Å²) < 4.78 is 26.8. The molecule has 0 spiro atoms. The number of aliphatic hydroxyl groups is 6. The van der Waals surface area contributed by atoms with Crippen molar-refractivity contribution in [3.8, 4) is 11.5 Å². The Morgan fingerprint density at radius 3 is 2.26 bits per heavy atom. The van der Waals surface area contributed by atoms with Crippen LogP contribution in [0.25, 0.3) is 11.0 Å². The van der Waals surface area contributed by atoms with E-state index < -0.39 is 73.6 Å². The molecule has 188 valence electrons. The van der Waals surface area contributed by atoms with Gasteiger partial charge in [0.1, 0.15) is 48.3 Å². The van der Waals surface area contributed by atoms with Crippen LogP contribution >= 0.6 is 0 Å². The Kier molecular flexibility index (Phi) is 7.09. The molecular weight excluding hydrogens is 460 g/mol. The summed E-state index contributed by atoms with van der Waals surface area (Å²) in [4.78, 5) is 11.5. The maximum absolute atomic E-state index is 11.5. The largest absolute Gasteiger partial charge is 0.504 e. The summed E-state index contributed by atoms with van der Waals surface area (Å²) in [6.45, 7) is 0.991. The van der Waals surface area contributed by atoms with Gasteiger partial charge in [0.25, 0.3) is 0 Å². The van der Waals surface area contributed by atoms with Gasteiger partial charge in [0.15, 0.2) is 17.8 Å². The second-order valence-corrected chi connectivity index (χ2v) is 8.26. The molecule has 0 radical (unpaired) electrons. The van der Waals surface area contributed by atoms with Crippen molar-refractivity contribution in [2.45, 2.75) is 68.3 Å². The number of hydrogen-bond donors (Lipinski definition) is 7. The Morgan fingerprint density at radius 2 is 1.53 bits per heavy atom. The number of phenolic OH excluding ortho intramolecular Hbond substituents is 1. The highest BCUT2D eigenvalue weighted by Crippen LogP contribution is 2.34. The lowest BCUT2D eigenvalue weighted by Gasteiger charge is -2.42. The smallest absolute Gasteiger partial charge is 0.336 e. The lowest BCUT2D eigenvalue weighted by molar-refractivity contribution is -0.318. The van der Waals surface area contributed by atoms with Crippen LogP contribution in [0.5, 0.6) is 11.5 Å². The maximum Gasteiger partial charge on any atom is 0.336 e. The summed E-state index contributed by atoms with van der Waals surface area (Å²) in [6.07, 6.45) is -14.7. The molecule has 2 aliphatic heterocycles. The molecule has 4 rings (SSSR count). The summed E-state index contributed by atoms with van der Waals surface area (Å²) in [7, 11) is 0. The quantitative estimate of drug-likeness (QED) is 0.219. The van der Waals surface area contributed by atoms with Crippen LogP contribution in [0, 0.1) is 0 Å². The fourth-order valence-corrected chi connectivity index (χ4v) is 3.80. The third-order valence-corrected chi connectivity index (χ3v) is 5.85. The average molecular weight is 486 g/mol. The number of aromatic hydroxyl groups is 1. The Balaban J connectivity index is 1.47. The number of ether oxygens (including phenoxy) is 4. The molecular formula is C21H26O13. The van der Waals surface area contributed by atoms with Crippen molar-refractivity contribution >= 4 is 11.0 Å². The summed E-state index contributed by atoms with van der Waals surface area (Å²) >= 11 is 0. The third-order valence-electron chi connectivity index (χ3n) is 5.85. The van der Waals surface area contributed by atoms with Crippen LogP contribution in [0.15, 0.2) is 33.5 Å². The van der Waals surface area contributed by atoms with E-state index in [2.05, 4.69) is 0 Å². The monoisotopic (exact) mass is 486 g/mol. The highest BCUT2D eigenvalue weighted by Gasteiger charge is 2.47. The van der Waals surface area contributed by atoms with E-state index in [9.17, 15) is 40.5 Å². The number of rotatable bonds is 5. The molecule has 0 amide bonds. The van der Waals surface area contributed by atoms with Gasteiger partial charge in [-0.2, -0.15) is 0 Å². The van der Waals surface area contributed by atoms with Crippen molar-refractivity contribution in [1.29, 1.82) is 0 Å². The minimum atomic E-state index is -1.74. The van der Waals surface area contributed by atoms with Gasteiger partial charge in [-0.25, -0.2) is 4.79 Å². The van der Waals surface area contributed by atoms with E-state index in [1.54, 1.807) is 0 Å². The van der Waals surface area contributed by atoms with Gasteiger partial charge in [0, 0.05) is 17.5 Å². The zero-order valence-corrected chi connectivity index (χ0v) is 17.9. The van der Waals surface area contributed by atoms with E-state index in [1.165, 1.54) is 31.2 Å². The van der Waals surface area contributed by atoms with E-state index >= 15 is 0 Å². The molecule has 0 aliphatic carbocycles. The second-order valence-electron chi connectivity index (χ2n) is 8.26. The predicted molar refractivity (Wildman–Crippen MR) is 110 cm³/mol. The molecule has 1 aromatic carbocycles. The zero-order valence-electron chi connectivity index (χ0n) is 17.9. The SMILES string of the molecule is C[C@@H]1O[C@@H](OC[C@H]2O[C@@H](Oc3cc4oc(=O)ccc4cc3O)[C@H](O)[C@@H](O)[C@@H]2O)[C@H](O)[C@H](O)[C@H]1O. The molecule has 2 aliphatic rings. The van der Waals surface area contributed by atoms with Crippen molar-refractivity contribution in [2.75, 3.05) is 6.61 Å². The lowest BCUT2D eigenvalue weighted by Crippen LogP contribution is -2.61. The van der Waals surface area contributed by atoms with E-state index in [0.717, 1.165) is 0 Å². The van der Waals surface area contributed by atoms with E-state index in [4.69, 9.17) is 23.4 Å². The molecule has 2 aromatic rings. The second kappa shape index (κ2) is 9.73. The summed E-state index contributed by atoms with van der Waals surface area (Å²) in [5.41, 5.74) is -0.544. The fourth-order valence-electron chi connectivity index (χ4n) is 3.80. The minimum Gasteiger partial charge on any atom is -0.504 e. The molecule has 7 N–H and O–H groups in total. The first-order chi connectivity index (χ1) is 16.1. The highest BCUT2D eigenvalue weighted by atomic mass is 16.7. The van der Waals surface area contributed by atoms with Crippen LogP contribution < -0.4 is 10.4 Å². The van der Waals surface area contributed by atoms with Crippen LogP contribution in [0.4, 0.5) is 0 Å². The normalized spacial score (nSPS) is 38.7. The molecule has 34 heavy (non-hydrogen) atoms. The van der Waals surface area contributed by atoms with E-state index in [1.807, 2.05) is 0 Å². The van der Waals surface area contributed by atoms with Gasteiger partial charge in [-0.1, -0.05) is 0 Å². The average Bonchev–Trinajstić information content (AvgIpc) is 2.80. The van der Waals surface area contributed by atoms with Crippen LogP contribution in [-0.2, 0) is 14.2 Å². The number of phenols is 1. The molecule has 13 heteroatoms. The standard InChI is InChI=1S/C21H26O13/c1-7-14(24)16(26)18(28)20(31-7)30-6-12-15(25)17(27)19(29)21(34-12)33-11-5-10-8(4-9(11)22)2-3-13(23)32-10/h2-5,7,12,14-22,24-29H,6H2,1H3/t7-,12+,14-,15+,16+,17-,18+,19+,20+,21+/m0/s1. The molecule has 3 heterocycles. The molecule has 2 saturated heterocycles. The lowest BCUT2D eigenvalue weighted by atomic mass is 9.98. The van der Waals surface area contributed by atoms with Crippen LogP contribution in [0.2, 0.25) is 0 Å². The Morgan fingerprint density at radius 1 is 0.853 bits per heavy atom. The zero-order chi connectivity index (χ0) is 24.7. The number of fused-ring (bicyclic) bond motifs is 1. The van der Waals surface area contributed by atoms with Crippen molar-refractivity contribution in [1.82, 2.24) is 0 Å². The molecule has 0 saturated carbocycles. The molecule has 10 atom stereocenters. The fraction of sp³-hybridized carbons (Fsp3) is 0.571. The van der Waals surface area contributed by atoms with E-state index in [-0.39, 0.29) is 17.1 Å². The van der Waals surface area contributed by atoms with Gasteiger partial charge in [-0.15, -0.1) is 0 Å². The number of aliphatic hydroxyl groups excluding tert-OH is 6. The first kappa shape index (κ1) is 24.8. The third kappa shape index (κ3) is 4.75. The topological polar surface area (TPSA) is 209 Å². The van der Waals surface area contributed by atoms with Crippen LogP contribution in [0.1, 0.15) is 6.92 Å².